The summed E-state index contributed by atoms with van der Waals surface area (Å²) in [4.78, 5) is 2.35. The largest absolute Gasteiger partial charge is 0.455 e. The van der Waals surface area contributed by atoms with Crippen LogP contribution >= 0.6 is 0 Å². The van der Waals surface area contributed by atoms with E-state index in [0.29, 0.717) is 0 Å². The van der Waals surface area contributed by atoms with Crippen LogP contribution in [0.15, 0.2) is 296 Å². The van der Waals surface area contributed by atoms with Crippen molar-refractivity contribution in [3.8, 4) is 72.4 Å². The van der Waals surface area contributed by atoms with Crippen molar-refractivity contribution in [1.82, 2.24) is 4.57 Å². The summed E-state index contributed by atoms with van der Waals surface area (Å²) >= 11 is 0. The van der Waals surface area contributed by atoms with Crippen molar-refractivity contribution in [1.29, 1.82) is 0 Å². The van der Waals surface area contributed by atoms with E-state index in [1.165, 1.54) is 55.2 Å². The number of para-hydroxylation sites is 5. The van der Waals surface area contributed by atoms with E-state index in [-0.39, 0.29) is 0 Å². The average Bonchev–Trinajstić information content (AvgIpc) is 4.05. The number of furan rings is 1. The van der Waals surface area contributed by atoms with Crippen molar-refractivity contribution in [3.05, 3.63) is 291 Å². The molecule has 352 valence electrons. The number of hydrogen-bond donors (Lipinski definition) is 0. The molecule has 0 bridgehead atoms. The van der Waals surface area contributed by atoms with E-state index >= 15 is 0 Å². The summed E-state index contributed by atoms with van der Waals surface area (Å²) in [5.41, 5.74) is 22.6. The first-order valence-corrected chi connectivity index (χ1v) is 25.6. The molecule has 14 aromatic rings. The lowest BCUT2D eigenvalue weighted by Gasteiger charge is -2.26. The van der Waals surface area contributed by atoms with E-state index in [1.807, 2.05) is 12.1 Å². The monoisotopic (exact) mass is 956 g/mol. The molecule has 0 fully saturated rings. The SMILES string of the molecule is c1ccc(-c2cccc(-c3ccc(N(c4ccc(-c5ccc(-c6cccc7c6oc6ccccc67)cc5)cc4)c4ccc(-c5cccc(-c6ccccc6-n6c7ccccc7c7ccccc76)c5)cc4)cc3)c2)cc1. The topological polar surface area (TPSA) is 21.3 Å². The highest BCUT2D eigenvalue weighted by Gasteiger charge is 2.18. The Bertz CT molecular complexity index is 4320. The highest BCUT2D eigenvalue weighted by molar-refractivity contribution is 6.11. The van der Waals surface area contributed by atoms with Gasteiger partial charge in [-0.25, -0.2) is 0 Å². The minimum atomic E-state index is 0.908. The number of aromatic nitrogens is 1. The minimum absolute atomic E-state index is 0.908. The standard InChI is InChI=1S/C72H48N2O/c1-2-15-49(16-3-1)55-17-12-18-56(47-55)52-37-43-60(44-38-52)73(59-41-35-51(36-42-59)50-31-33-54(34-32-50)63-25-14-26-67-66-24-7-11-30-71(66)75-72(63)67)61-45-39-53(40-46-61)57-19-13-20-58(48-57)62-21-4-8-27-68(62)74-69-28-9-5-22-64(69)65-23-6-10-29-70(65)74/h1-48H. The van der Waals surface area contributed by atoms with Crippen LogP contribution < -0.4 is 4.90 Å². The van der Waals surface area contributed by atoms with E-state index in [1.54, 1.807) is 0 Å². The van der Waals surface area contributed by atoms with Gasteiger partial charge in [0.2, 0.25) is 0 Å². The van der Waals surface area contributed by atoms with Crippen LogP contribution in [0.1, 0.15) is 0 Å². The molecule has 75 heavy (non-hydrogen) atoms. The summed E-state index contributed by atoms with van der Waals surface area (Å²) < 4.78 is 8.81. The zero-order valence-corrected chi connectivity index (χ0v) is 41.0. The number of rotatable bonds is 10. The first-order chi connectivity index (χ1) is 37.2. The number of fused-ring (bicyclic) bond motifs is 6. The Kier molecular flexibility index (Phi) is 10.8. The molecular weight excluding hydrogens is 909 g/mol. The predicted octanol–water partition coefficient (Wildman–Crippen LogP) is 20.2. The molecular formula is C72H48N2O. The van der Waals surface area contributed by atoms with E-state index in [2.05, 4.69) is 289 Å². The van der Waals surface area contributed by atoms with Gasteiger partial charge in [-0.1, -0.05) is 218 Å². The van der Waals surface area contributed by atoms with Crippen molar-refractivity contribution < 1.29 is 4.42 Å². The van der Waals surface area contributed by atoms with Crippen LogP contribution in [-0.2, 0) is 0 Å². The fourth-order valence-corrected chi connectivity index (χ4v) is 11.1. The fourth-order valence-electron chi connectivity index (χ4n) is 11.1. The maximum Gasteiger partial charge on any atom is 0.143 e. The molecule has 0 spiro atoms. The third kappa shape index (κ3) is 7.95. The Labute approximate surface area is 436 Å². The molecule has 0 aliphatic rings. The molecule has 14 rings (SSSR count). The maximum absolute atomic E-state index is 6.39. The van der Waals surface area contributed by atoms with Crippen LogP contribution in [0.25, 0.3) is 116 Å². The molecule has 2 heterocycles. The Hall–Kier alpha value is -9.96. The second-order valence-corrected chi connectivity index (χ2v) is 19.2. The molecule has 12 aromatic carbocycles. The molecule has 0 unspecified atom stereocenters. The number of benzene rings is 12. The summed E-state index contributed by atoms with van der Waals surface area (Å²) in [5.74, 6) is 0. The fraction of sp³-hybridized carbons (Fsp3) is 0. The van der Waals surface area contributed by atoms with Crippen molar-refractivity contribution in [2.45, 2.75) is 0 Å². The van der Waals surface area contributed by atoms with Crippen molar-refractivity contribution >= 4 is 60.8 Å². The molecule has 0 aliphatic heterocycles. The van der Waals surface area contributed by atoms with Crippen LogP contribution in [0.2, 0.25) is 0 Å². The molecule has 3 nitrogen and oxygen atoms in total. The Morgan fingerprint density at radius 1 is 0.253 bits per heavy atom. The molecule has 0 aliphatic carbocycles. The van der Waals surface area contributed by atoms with E-state index in [4.69, 9.17) is 4.42 Å². The molecule has 0 saturated heterocycles. The van der Waals surface area contributed by atoms with Crippen molar-refractivity contribution in [2.75, 3.05) is 4.90 Å². The van der Waals surface area contributed by atoms with Crippen LogP contribution in [0.4, 0.5) is 17.1 Å². The van der Waals surface area contributed by atoms with Gasteiger partial charge in [-0.05, 0) is 128 Å². The van der Waals surface area contributed by atoms with Crippen LogP contribution in [0.3, 0.4) is 0 Å². The Morgan fingerprint density at radius 3 is 1.24 bits per heavy atom. The smallest absolute Gasteiger partial charge is 0.143 e. The second kappa shape index (κ2) is 18.6. The molecule has 2 aromatic heterocycles. The second-order valence-electron chi connectivity index (χ2n) is 19.2. The van der Waals surface area contributed by atoms with E-state index in [9.17, 15) is 0 Å². The van der Waals surface area contributed by atoms with Crippen LogP contribution in [-0.4, -0.2) is 4.57 Å². The highest BCUT2D eigenvalue weighted by atomic mass is 16.3. The summed E-state index contributed by atoms with van der Waals surface area (Å²) in [7, 11) is 0. The first kappa shape index (κ1) is 43.8. The summed E-state index contributed by atoms with van der Waals surface area (Å²) in [6, 6.07) is 105. The quantitative estimate of drug-likeness (QED) is 0.136. The van der Waals surface area contributed by atoms with Gasteiger partial charge in [0.05, 0.1) is 16.7 Å². The normalized spacial score (nSPS) is 11.5. The molecule has 0 saturated carbocycles. The highest BCUT2D eigenvalue weighted by Crippen LogP contribution is 2.42. The maximum atomic E-state index is 6.39. The average molecular weight is 957 g/mol. The van der Waals surface area contributed by atoms with Gasteiger partial charge in [0.1, 0.15) is 11.2 Å². The number of hydrogen-bond acceptors (Lipinski definition) is 2. The Balaban J connectivity index is 0.799. The van der Waals surface area contributed by atoms with Gasteiger partial charge < -0.3 is 13.9 Å². The molecule has 0 N–H and O–H groups in total. The van der Waals surface area contributed by atoms with Gasteiger partial charge >= 0.3 is 0 Å². The molecule has 0 radical (unpaired) electrons. The lowest BCUT2D eigenvalue weighted by atomic mass is 9.97. The molecule has 3 heteroatoms. The van der Waals surface area contributed by atoms with Gasteiger partial charge in [0, 0.05) is 49.7 Å². The van der Waals surface area contributed by atoms with Crippen molar-refractivity contribution in [3.63, 3.8) is 0 Å². The third-order valence-corrected chi connectivity index (χ3v) is 14.8. The van der Waals surface area contributed by atoms with Gasteiger partial charge in [-0.2, -0.15) is 0 Å². The van der Waals surface area contributed by atoms with Gasteiger partial charge in [-0.3, -0.25) is 0 Å². The predicted molar refractivity (Wildman–Crippen MR) is 315 cm³/mol. The van der Waals surface area contributed by atoms with E-state index < -0.39 is 0 Å². The number of nitrogens with zero attached hydrogens (tertiary/aromatic N) is 2. The van der Waals surface area contributed by atoms with Gasteiger partial charge in [0.15, 0.2) is 0 Å². The van der Waals surface area contributed by atoms with Crippen LogP contribution in [0.5, 0.6) is 0 Å². The summed E-state index contributed by atoms with van der Waals surface area (Å²) in [6.45, 7) is 0. The molecule has 0 amide bonds. The first-order valence-electron chi connectivity index (χ1n) is 25.6. The summed E-state index contributed by atoms with van der Waals surface area (Å²) in [5, 5.41) is 4.79. The minimum Gasteiger partial charge on any atom is -0.455 e. The zero-order valence-electron chi connectivity index (χ0n) is 41.0. The zero-order chi connectivity index (χ0) is 49.7. The molecule has 0 atom stereocenters. The van der Waals surface area contributed by atoms with Gasteiger partial charge in [-0.15, -0.1) is 0 Å². The number of anilines is 3. The van der Waals surface area contributed by atoms with Crippen molar-refractivity contribution in [2.24, 2.45) is 0 Å². The summed E-state index contributed by atoms with van der Waals surface area (Å²) in [6.07, 6.45) is 0. The lowest BCUT2D eigenvalue weighted by Crippen LogP contribution is -2.09. The van der Waals surface area contributed by atoms with Crippen LogP contribution in [0, 0.1) is 0 Å². The third-order valence-electron chi connectivity index (χ3n) is 14.8. The van der Waals surface area contributed by atoms with E-state index in [0.717, 1.165) is 78.1 Å². The van der Waals surface area contributed by atoms with Gasteiger partial charge in [0.25, 0.3) is 0 Å². The Morgan fingerprint density at radius 2 is 0.640 bits per heavy atom. The lowest BCUT2D eigenvalue weighted by molar-refractivity contribution is 0.670.